The average Bonchev–Trinajstić information content (AvgIpc) is 2.27. The van der Waals surface area contributed by atoms with E-state index in [4.69, 9.17) is 5.73 Å². The molecule has 0 fully saturated rings. The molecule has 17 heavy (non-hydrogen) atoms. The Morgan fingerprint density at radius 2 is 2.24 bits per heavy atom. The standard InChI is InChI=1S/C10H16N4O3/c1-4(15)7(16)5-2-6-8(12-3-5)13-10(11)14-9(6)17/h4-5,7,15-16H,2-3H2,1H3,(H4,11,12,13,14,17)/t4-,5?,7-/m0/s1. The van der Waals surface area contributed by atoms with Crippen molar-refractivity contribution in [2.75, 3.05) is 17.6 Å². The van der Waals surface area contributed by atoms with Crippen molar-refractivity contribution in [1.82, 2.24) is 9.97 Å². The fourth-order valence-corrected chi connectivity index (χ4v) is 2.05. The number of hydrogen-bond donors (Lipinski definition) is 5. The van der Waals surface area contributed by atoms with Crippen molar-refractivity contribution in [2.45, 2.75) is 25.6 Å². The van der Waals surface area contributed by atoms with Crippen LogP contribution in [0.4, 0.5) is 11.8 Å². The van der Waals surface area contributed by atoms with E-state index < -0.39 is 12.2 Å². The van der Waals surface area contributed by atoms with Crippen LogP contribution in [0.2, 0.25) is 0 Å². The van der Waals surface area contributed by atoms with Crippen LogP contribution in [-0.4, -0.2) is 38.9 Å². The van der Waals surface area contributed by atoms with E-state index in [0.717, 1.165) is 0 Å². The quantitative estimate of drug-likeness (QED) is 0.436. The first-order valence-electron chi connectivity index (χ1n) is 5.47. The van der Waals surface area contributed by atoms with Crippen molar-refractivity contribution in [3.63, 3.8) is 0 Å². The highest BCUT2D eigenvalue weighted by molar-refractivity contribution is 5.48. The van der Waals surface area contributed by atoms with Gasteiger partial charge in [-0.05, 0) is 13.3 Å². The number of hydrogen-bond acceptors (Lipinski definition) is 6. The van der Waals surface area contributed by atoms with Gasteiger partial charge in [0.2, 0.25) is 5.95 Å². The molecule has 0 aliphatic carbocycles. The molecular weight excluding hydrogens is 224 g/mol. The number of fused-ring (bicyclic) bond motifs is 1. The maximum Gasteiger partial charge on any atom is 0.257 e. The zero-order chi connectivity index (χ0) is 12.6. The molecule has 1 aromatic heterocycles. The van der Waals surface area contributed by atoms with Crippen molar-refractivity contribution < 1.29 is 10.2 Å². The van der Waals surface area contributed by atoms with Gasteiger partial charge >= 0.3 is 0 Å². The lowest BCUT2D eigenvalue weighted by Crippen LogP contribution is -2.41. The summed E-state index contributed by atoms with van der Waals surface area (Å²) in [5, 5.41) is 22.1. The third kappa shape index (κ3) is 2.25. The molecular formula is C10H16N4O3. The molecule has 7 nitrogen and oxygen atoms in total. The molecule has 2 heterocycles. The lowest BCUT2D eigenvalue weighted by atomic mass is 9.89. The van der Waals surface area contributed by atoms with Gasteiger partial charge in [-0.25, -0.2) is 0 Å². The van der Waals surface area contributed by atoms with Gasteiger partial charge in [0.15, 0.2) is 0 Å². The van der Waals surface area contributed by atoms with Crippen LogP contribution in [0.1, 0.15) is 12.5 Å². The molecule has 0 saturated heterocycles. The first-order valence-corrected chi connectivity index (χ1v) is 5.47. The molecule has 1 aromatic rings. The number of aromatic nitrogens is 2. The Bertz CT molecular complexity index is 471. The number of nitrogens with two attached hydrogens (primary N) is 1. The lowest BCUT2D eigenvalue weighted by Gasteiger charge is -2.29. The molecule has 0 spiro atoms. The second-order valence-corrected chi connectivity index (χ2v) is 4.35. The van der Waals surface area contributed by atoms with Crippen LogP contribution in [0.3, 0.4) is 0 Å². The lowest BCUT2D eigenvalue weighted by molar-refractivity contribution is -0.00446. The van der Waals surface area contributed by atoms with E-state index in [0.29, 0.717) is 24.3 Å². The van der Waals surface area contributed by atoms with Gasteiger partial charge in [-0.2, -0.15) is 4.98 Å². The molecule has 2 rings (SSSR count). The van der Waals surface area contributed by atoms with E-state index in [9.17, 15) is 15.0 Å². The monoisotopic (exact) mass is 240 g/mol. The maximum atomic E-state index is 11.7. The topological polar surface area (TPSA) is 124 Å². The van der Waals surface area contributed by atoms with Crippen molar-refractivity contribution in [3.8, 4) is 0 Å². The Balaban J connectivity index is 2.27. The number of nitrogen functional groups attached to an aromatic ring is 1. The van der Waals surface area contributed by atoms with Crippen LogP contribution in [0, 0.1) is 5.92 Å². The minimum atomic E-state index is -0.868. The first kappa shape index (κ1) is 11.9. The van der Waals surface area contributed by atoms with Crippen molar-refractivity contribution in [1.29, 1.82) is 0 Å². The van der Waals surface area contributed by atoms with Crippen LogP contribution >= 0.6 is 0 Å². The van der Waals surface area contributed by atoms with Gasteiger partial charge in [-0.3, -0.25) is 9.78 Å². The van der Waals surface area contributed by atoms with Crippen molar-refractivity contribution >= 4 is 11.8 Å². The van der Waals surface area contributed by atoms with Crippen LogP contribution in [0.25, 0.3) is 0 Å². The van der Waals surface area contributed by atoms with E-state index in [1.807, 2.05) is 0 Å². The minimum absolute atomic E-state index is 0.0655. The molecule has 0 saturated carbocycles. The van der Waals surface area contributed by atoms with Gasteiger partial charge in [0.1, 0.15) is 5.82 Å². The number of aliphatic hydroxyl groups is 2. The zero-order valence-electron chi connectivity index (χ0n) is 9.47. The van der Waals surface area contributed by atoms with Gasteiger partial charge in [0.25, 0.3) is 5.56 Å². The average molecular weight is 240 g/mol. The minimum Gasteiger partial charge on any atom is -0.391 e. The third-order valence-electron chi connectivity index (χ3n) is 3.01. The SMILES string of the molecule is C[C@H](O)[C@H](O)C1CNc2nc(N)[nH]c(=O)c2C1. The fraction of sp³-hybridized carbons (Fsp3) is 0.600. The molecule has 7 heteroatoms. The zero-order valence-corrected chi connectivity index (χ0v) is 9.47. The van der Waals surface area contributed by atoms with Gasteiger partial charge in [-0.1, -0.05) is 0 Å². The molecule has 6 N–H and O–H groups in total. The van der Waals surface area contributed by atoms with E-state index in [2.05, 4.69) is 15.3 Å². The number of anilines is 2. The van der Waals surface area contributed by atoms with E-state index >= 15 is 0 Å². The molecule has 94 valence electrons. The molecule has 0 amide bonds. The van der Waals surface area contributed by atoms with Crippen LogP contribution in [-0.2, 0) is 6.42 Å². The predicted octanol–water partition coefficient (Wildman–Crippen LogP) is -1.32. The van der Waals surface area contributed by atoms with Crippen molar-refractivity contribution in [3.05, 3.63) is 15.9 Å². The molecule has 0 radical (unpaired) electrons. The molecule has 1 aliphatic heterocycles. The number of nitrogens with zero attached hydrogens (tertiary/aromatic N) is 1. The van der Waals surface area contributed by atoms with Gasteiger partial charge in [0.05, 0.1) is 17.8 Å². The fourth-order valence-electron chi connectivity index (χ4n) is 2.05. The maximum absolute atomic E-state index is 11.7. The summed E-state index contributed by atoms with van der Waals surface area (Å²) < 4.78 is 0. The Kier molecular flexibility index (Phi) is 3.03. The second kappa shape index (κ2) is 4.34. The van der Waals surface area contributed by atoms with Crippen LogP contribution in [0.15, 0.2) is 4.79 Å². The molecule has 1 unspecified atom stereocenters. The highest BCUT2D eigenvalue weighted by Crippen LogP contribution is 2.23. The van der Waals surface area contributed by atoms with Gasteiger partial charge in [-0.15, -0.1) is 0 Å². The Hall–Kier alpha value is -1.60. The summed E-state index contributed by atoms with van der Waals surface area (Å²) in [5.74, 6) is 0.310. The normalized spacial score (nSPS) is 22.4. The third-order valence-corrected chi connectivity index (χ3v) is 3.01. The van der Waals surface area contributed by atoms with E-state index in [-0.39, 0.29) is 17.4 Å². The smallest absolute Gasteiger partial charge is 0.257 e. The summed E-state index contributed by atoms with van der Waals surface area (Å²) in [5.41, 5.74) is 5.59. The molecule has 0 aromatic carbocycles. The predicted molar refractivity (Wildman–Crippen MR) is 62.6 cm³/mol. The number of rotatable bonds is 2. The summed E-state index contributed by atoms with van der Waals surface area (Å²) in [4.78, 5) is 18.1. The Morgan fingerprint density at radius 3 is 2.88 bits per heavy atom. The Labute approximate surface area is 97.7 Å². The first-order chi connectivity index (χ1) is 7.99. The highest BCUT2D eigenvalue weighted by Gasteiger charge is 2.29. The number of aromatic amines is 1. The largest absolute Gasteiger partial charge is 0.391 e. The summed E-state index contributed by atoms with van der Waals surface area (Å²) in [6.45, 7) is 1.97. The second-order valence-electron chi connectivity index (χ2n) is 4.35. The number of nitrogens with one attached hydrogen (secondary N) is 2. The molecule has 1 aliphatic rings. The van der Waals surface area contributed by atoms with Crippen LogP contribution in [0.5, 0.6) is 0 Å². The number of aliphatic hydroxyl groups excluding tert-OH is 2. The summed E-state index contributed by atoms with van der Waals surface area (Å²) in [6, 6.07) is 0. The highest BCUT2D eigenvalue weighted by atomic mass is 16.3. The summed E-state index contributed by atoms with van der Waals surface area (Å²) in [7, 11) is 0. The number of H-pyrrole nitrogens is 1. The van der Waals surface area contributed by atoms with Gasteiger partial charge in [0, 0.05) is 12.5 Å². The Morgan fingerprint density at radius 1 is 1.53 bits per heavy atom. The molecule has 0 bridgehead atoms. The molecule has 3 atom stereocenters. The summed E-state index contributed by atoms with van der Waals surface area (Å²) in [6.07, 6.45) is -1.33. The van der Waals surface area contributed by atoms with Crippen LogP contribution < -0.4 is 16.6 Å². The van der Waals surface area contributed by atoms with Gasteiger partial charge < -0.3 is 21.3 Å². The van der Waals surface area contributed by atoms with Crippen molar-refractivity contribution in [2.24, 2.45) is 5.92 Å². The van der Waals surface area contributed by atoms with E-state index in [1.165, 1.54) is 6.92 Å². The van der Waals surface area contributed by atoms with E-state index in [1.54, 1.807) is 0 Å². The summed E-state index contributed by atoms with van der Waals surface area (Å²) >= 11 is 0.